The average molecular weight is 185 g/mol. The summed E-state index contributed by atoms with van der Waals surface area (Å²) in [6.45, 7) is 5.32. The lowest BCUT2D eigenvalue weighted by molar-refractivity contribution is 0.104. The molecule has 0 bridgehead atoms. The summed E-state index contributed by atoms with van der Waals surface area (Å²) in [7, 11) is 0. The van der Waals surface area contributed by atoms with Crippen molar-refractivity contribution in [2.45, 2.75) is 51.6 Å². The Morgan fingerprint density at radius 1 is 1.08 bits per heavy atom. The maximum absolute atomic E-state index is 9.53. The van der Waals surface area contributed by atoms with Crippen LogP contribution >= 0.6 is 0 Å². The summed E-state index contributed by atoms with van der Waals surface area (Å²) >= 11 is 0. The molecule has 1 aliphatic rings. The van der Waals surface area contributed by atoms with Crippen molar-refractivity contribution in [1.29, 1.82) is 0 Å². The summed E-state index contributed by atoms with van der Waals surface area (Å²) in [4.78, 5) is 2.42. The zero-order chi connectivity index (χ0) is 9.52. The molecule has 1 atom stereocenters. The maximum atomic E-state index is 9.53. The molecular weight excluding hydrogens is 162 g/mol. The van der Waals surface area contributed by atoms with Gasteiger partial charge in [-0.15, -0.1) is 0 Å². The van der Waals surface area contributed by atoms with Crippen LogP contribution in [0.25, 0.3) is 0 Å². The van der Waals surface area contributed by atoms with Gasteiger partial charge in [0.2, 0.25) is 0 Å². The predicted molar refractivity (Wildman–Crippen MR) is 55.8 cm³/mol. The van der Waals surface area contributed by atoms with Crippen molar-refractivity contribution < 1.29 is 5.11 Å². The minimum atomic E-state index is -0.112. The highest BCUT2D eigenvalue weighted by Gasteiger charge is 2.11. The quantitative estimate of drug-likeness (QED) is 0.727. The Bertz CT molecular complexity index is 119. The molecule has 1 heterocycles. The van der Waals surface area contributed by atoms with E-state index in [-0.39, 0.29) is 6.10 Å². The van der Waals surface area contributed by atoms with E-state index in [1.165, 1.54) is 45.2 Å². The van der Waals surface area contributed by atoms with Crippen LogP contribution in [0.15, 0.2) is 0 Å². The number of aliphatic hydroxyl groups is 1. The fourth-order valence-electron chi connectivity index (χ4n) is 1.92. The average Bonchev–Trinajstić information content (AvgIpc) is 2.09. The molecule has 2 heteroatoms. The molecule has 0 spiro atoms. The van der Waals surface area contributed by atoms with Crippen LogP contribution in [0.3, 0.4) is 0 Å². The van der Waals surface area contributed by atoms with E-state index in [4.69, 9.17) is 0 Å². The second-order valence-electron chi connectivity index (χ2n) is 4.13. The number of hydrogen-bond donors (Lipinski definition) is 1. The topological polar surface area (TPSA) is 23.5 Å². The summed E-state index contributed by atoms with van der Waals surface area (Å²) in [6, 6.07) is 0. The van der Waals surface area contributed by atoms with Gasteiger partial charge in [0.25, 0.3) is 0 Å². The summed E-state index contributed by atoms with van der Waals surface area (Å²) in [5.41, 5.74) is 0. The lowest BCUT2D eigenvalue weighted by atomic mass is 10.1. The van der Waals surface area contributed by atoms with Gasteiger partial charge in [0.1, 0.15) is 0 Å². The molecule has 0 unspecified atom stereocenters. The van der Waals surface area contributed by atoms with Crippen molar-refractivity contribution in [3.63, 3.8) is 0 Å². The van der Waals surface area contributed by atoms with Crippen LogP contribution in [-0.2, 0) is 0 Å². The molecule has 1 fully saturated rings. The SMILES string of the molecule is CC[C@H](O)CN1CCCCCCC1. The van der Waals surface area contributed by atoms with E-state index in [1.807, 2.05) is 0 Å². The van der Waals surface area contributed by atoms with E-state index in [1.54, 1.807) is 0 Å². The number of β-amino-alcohol motifs (C(OH)–C–C–N with tert-alkyl or cyclic N) is 1. The molecule has 0 aromatic carbocycles. The Kier molecular flexibility index (Phi) is 5.40. The molecule has 2 nitrogen and oxygen atoms in total. The van der Waals surface area contributed by atoms with Crippen LogP contribution in [0.1, 0.15) is 45.4 Å². The Labute approximate surface area is 81.9 Å². The first-order valence-electron chi connectivity index (χ1n) is 5.73. The zero-order valence-corrected chi connectivity index (χ0v) is 8.84. The first kappa shape index (κ1) is 11.0. The van der Waals surface area contributed by atoms with Gasteiger partial charge in [-0.1, -0.05) is 26.2 Å². The number of hydrogen-bond acceptors (Lipinski definition) is 2. The van der Waals surface area contributed by atoms with Gasteiger partial charge in [0.15, 0.2) is 0 Å². The first-order valence-corrected chi connectivity index (χ1v) is 5.73. The van der Waals surface area contributed by atoms with Crippen LogP contribution < -0.4 is 0 Å². The lowest BCUT2D eigenvalue weighted by Gasteiger charge is -2.26. The Morgan fingerprint density at radius 3 is 2.15 bits per heavy atom. The van der Waals surface area contributed by atoms with Crippen LogP contribution in [0, 0.1) is 0 Å². The van der Waals surface area contributed by atoms with Crippen molar-refractivity contribution >= 4 is 0 Å². The Morgan fingerprint density at radius 2 is 1.62 bits per heavy atom. The standard InChI is InChI=1S/C11H23NO/c1-2-11(13)10-12-8-6-4-3-5-7-9-12/h11,13H,2-10H2,1H3/t11-/m0/s1. The van der Waals surface area contributed by atoms with Gasteiger partial charge in [-0.05, 0) is 32.4 Å². The molecule has 1 aliphatic heterocycles. The Balaban J connectivity index is 2.21. The summed E-state index contributed by atoms with van der Waals surface area (Å²) in [6.07, 6.45) is 7.56. The summed E-state index contributed by atoms with van der Waals surface area (Å²) in [5.74, 6) is 0. The molecule has 78 valence electrons. The van der Waals surface area contributed by atoms with Gasteiger partial charge in [-0.25, -0.2) is 0 Å². The molecule has 0 aliphatic carbocycles. The Hall–Kier alpha value is -0.0800. The zero-order valence-electron chi connectivity index (χ0n) is 8.84. The van der Waals surface area contributed by atoms with Crippen LogP contribution in [0.5, 0.6) is 0 Å². The van der Waals surface area contributed by atoms with E-state index >= 15 is 0 Å². The predicted octanol–water partition coefficient (Wildman–Crippen LogP) is 2.02. The molecule has 13 heavy (non-hydrogen) atoms. The van der Waals surface area contributed by atoms with Crippen molar-refractivity contribution in [3.05, 3.63) is 0 Å². The van der Waals surface area contributed by atoms with Crippen LogP contribution in [-0.4, -0.2) is 35.7 Å². The minimum Gasteiger partial charge on any atom is -0.392 e. The fourth-order valence-corrected chi connectivity index (χ4v) is 1.92. The summed E-state index contributed by atoms with van der Waals surface area (Å²) in [5, 5.41) is 9.53. The second kappa shape index (κ2) is 6.39. The van der Waals surface area contributed by atoms with E-state index in [9.17, 15) is 5.11 Å². The largest absolute Gasteiger partial charge is 0.392 e. The number of aliphatic hydroxyl groups excluding tert-OH is 1. The van der Waals surface area contributed by atoms with Crippen molar-refractivity contribution in [2.24, 2.45) is 0 Å². The number of nitrogens with zero attached hydrogens (tertiary/aromatic N) is 1. The molecule has 0 amide bonds. The molecule has 0 radical (unpaired) electrons. The monoisotopic (exact) mass is 185 g/mol. The van der Waals surface area contributed by atoms with Gasteiger partial charge in [0, 0.05) is 6.54 Å². The van der Waals surface area contributed by atoms with Gasteiger partial charge in [-0.2, -0.15) is 0 Å². The maximum Gasteiger partial charge on any atom is 0.0664 e. The van der Waals surface area contributed by atoms with Crippen molar-refractivity contribution in [2.75, 3.05) is 19.6 Å². The highest BCUT2D eigenvalue weighted by atomic mass is 16.3. The highest BCUT2D eigenvalue weighted by molar-refractivity contribution is 4.66. The van der Waals surface area contributed by atoms with E-state index in [0.717, 1.165) is 13.0 Å². The normalized spacial score (nSPS) is 23.5. The van der Waals surface area contributed by atoms with Crippen LogP contribution in [0.4, 0.5) is 0 Å². The smallest absolute Gasteiger partial charge is 0.0664 e. The lowest BCUT2D eigenvalue weighted by Crippen LogP contribution is -2.34. The molecule has 1 N–H and O–H groups in total. The molecule has 1 rings (SSSR count). The summed E-state index contributed by atoms with van der Waals surface area (Å²) < 4.78 is 0. The third-order valence-corrected chi connectivity index (χ3v) is 2.89. The van der Waals surface area contributed by atoms with E-state index < -0.39 is 0 Å². The number of rotatable bonds is 3. The third-order valence-electron chi connectivity index (χ3n) is 2.89. The van der Waals surface area contributed by atoms with Gasteiger partial charge in [0.05, 0.1) is 6.10 Å². The first-order chi connectivity index (χ1) is 6.33. The third kappa shape index (κ3) is 4.63. The van der Waals surface area contributed by atoms with Gasteiger partial charge in [-0.3, -0.25) is 0 Å². The van der Waals surface area contributed by atoms with Gasteiger partial charge >= 0.3 is 0 Å². The van der Waals surface area contributed by atoms with Crippen LogP contribution in [0.2, 0.25) is 0 Å². The highest BCUT2D eigenvalue weighted by Crippen LogP contribution is 2.10. The van der Waals surface area contributed by atoms with Crippen molar-refractivity contribution in [3.8, 4) is 0 Å². The molecule has 0 saturated carbocycles. The molecular formula is C11H23NO. The van der Waals surface area contributed by atoms with Gasteiger partial charge < -0.3 is 10.0 Å². The fraction of sp³-hybridized carbons (Fsp3) is 1.00. The van der Waals surface area contributed by atoms with Crippen molar-refractivity contribution in [1.82, 2.24) is 4.90 Å². The minimum absolute atomic E-state index is 0.112. The van der Waals surface area contributed by atoms with E-state index in [2.05, 4.69) is 11.8 Å². The molecule has 0 aromatic rings. The molecule has 1 saturated heterocycles. The number of likely N-dealkylation sites (tertiary alicyclic amines) is 1. The second-order valence-corrected chi connectivity index (χ2v) is 4.13. The van der Waals surface area contributed by atoms with E-state index in [0.29, 0.717) is 0 Å². The molecule has 0 aromatic heterocycles.